The molecule has 25 heavy (non-hydrogen) atoms. The number of ketones is 1. The highest BCUT2D eigenvalue weighted by Crippen LogP contribution is 2.24. The lowest BCUT2D eigenvalue weighted by molar-refractivity contribution is -0.384. The van der Waals surface area contributed by atoms with Gasteiger partial charge in [-0.05, 0) is 31.4 Å². The van der Waals surface area contributed by atoms with Gasteiger partial charge in [0, 0.05) is 12.5 Å². The number of sulfonamides is 1. The second-order valence-corrected chi connectivity index (χ2v) is 7.26. The average molecular weight is 371 g/mol. The van der Waals surface area contributed by atoms with Gasteiger partial charge in [0.15, 0.2) is 11.9 Å². The van der Waals surface area contributed by atoms with Crippen LogP contribution in [0.2, 0.25) is 0 Å². The number of carbonyl (C=O) groups is 2. The van der Waals surface area contributed by atoms with E-state index in [2.05, 4.69) is 0 Å². The van der Waals surface area contributed by atoms with E-state index in [1.807, 2.05) is 4.72 Å². The number of nitro benzene ring substituents is 1. The Bertz CT molecular complexity index is 807. The van der Waals surface area contributed by atoms with Gasteiger partial charge in [-0.15, -0.1) is 0 Å². The number of ether oxygens (including phenoxy) is 1. The molecule has 10 nitrogen and oxygen atoms in total. The molecule has 0 unspecified atom stereocenters. The molecule has 0 spiro atoms. The number of nitrogens with one attached hydrogen (secondary N) is 1. The van der Waals surface area contributed by atoms with Crippen molar-refractivity contribution < 1.29 is 27.7 Å². The highest BCUT2D eigenvalue weighted by molar-refractivity contribution is 7.89. The van der Waals surface area contributed by atoms with Gasteiger partial charge in [-0.25, -0.2) is 8.42 Å². The minimum Gasteiger partial charge on any atom is -0.453 e. The number of hydrogen-bond donors (Lipinski definition) is 2. The van der Waals surface area contributed by atoms with Gasteiger partial charge in [-0.3, -0.25) is 19.7 Å². The minimum absolute atomic E-state index is 0.181. The largest absolute Gasteiger partial charge is 0.453 e. The monoisotopic (exact) mass is 371 g/mol. The van der Waals surface area contributed by atoms with Crippen molar-refractivity contribution in [1.29, 1.82) is 0 Å². The molecule has 1 saturated carbocycles. The van der Waals surface area contributed by atoms with E-state index in [0.29, 0.717) is 12.8 Å². The van der Waals surface area contributed by atoms with Crippen molar-refractivity contribution in [3.05, 3.63) is 28.3 Å². The molecule has 0 saturated heterocycles. The van der Waals surface area contributed by atoms with Crippen molar-refractivity contribution in [3.63, 3.8) is 0 Å². The van der Waals surface area contributed by atoms with E-state index >= 15 is 0 Å². The molecule has 1 aliphatic rings. The van der Waals surface area contributed by atoms with Crippen LogP contribution in [0.3, 0.4) is 0 Å². The van der Waals surface area contributed by atoms with Crippen LogP contribution in [-0.4, -0.2) is 37.7 Å². The first-order chi connectivity index (χ1) is 11.7. The highest BCUT2D eigenvalue weighted by atomic mass is 32.2. The maximum absolute atomic E-state index is 12.1. The second-order valence-electron chi connectivity index (χ2n) is 5.49. The van der Waals surface area contributed by atoms with Gasteiger partial charge in [-0.2, -0.15) is 4.72 Å². The molecule has 0 bridgehead atoms. The van der Waals surface area contributed by atoms with E-state index in [1.165, 1.54) is 0 Å². The van der Waals surface area contributed by atoms with Crippen LogP contribution >= 0.6 is 0 Å². The van der Waals surface area contributed by atoms with Crippen LogP contribution in [0.15, 0.2) is 23.1 Å². The molecule has 11 heteroatoms. The maximum Gasteiger partial charge on any atom is 0.321 e. The van der Waals surface area contributed by atoms with Crippen molar-refractivity contribution in [2.45, 2.75) is 36.7 Å². The maximum atomic E-state index is 12.1. The zero-order valence-corrected chi connectivity index (χ0v) is 14.0. The van der Waals surface area contributed by atoms with Crippen molar-refractivity contribution in [2.75, 3.05) is 12.3 Å². The summed E-state index contributed by atoms with van der Waals surface area (Å²) in [7, 11) is -4.18. The van der Waals surface area contributed by atoms with Crippen molar-refractivity contribution >= 4 is 33.2 Å². The van der Waals surface area contributed by atoms with E-state index in [1.54, 1.807) is 0 Å². The van der Waals surface area contributed by atoms with Crippen LogP contribution in [0.4, 0.5) is 11.4 Å². The smallest absolute Gasteiger partial charge is 0.321 e. The summed E-state index contributed by atoms with van der Waals surface area (Å²) >= 11 is 0. The van der Waals surface area contributed by atoms with Crippen molar-refractivity contribution in [2.24, 2.45) is 0 Å². The lowest BCUT2D eigenvalue weighted by Crippen LogP contribution is -2.36. The minimum atomic E-state index is -4.18. The van der Waals surface area contributed by atoms with E-state index < -0.39 is 44.1 Å². The Morgan fingerprint density at radius 2 is 2.12 bits per heavy atom. The number of anilines is 1. The summed E-state index contributed by atoms with van der Waals surface area (Å²) in [5.74, 6) is -1.08. The van der Waals surface area contributed by atoms with E-state index in [9.17, 15) is 28.1 Å². The number of esters is 1. The molecule has 0 amide bonds. The van der Waals surface area contributed by atoms with Crippen LogP contribution < -0.4 is 10.5 Å². The third-order valence-electron chi connectivity index (χ3n) is 3.69. The van der Waals surface area contributed by atoms with Crippen molar-refractivity contribution in [1.82, 2.24) is 4.72 Å². The Kier molecular flexibility index (Phi) is 5.69. The third-order valence-corrected chi connectivity index (χ3v) is 5.09. The number of Topliss-reactive ketones (excluding diaryl/α,β-unsaturated/α-hetero) is 1. The van der Waals surface area contributed by atoms with Crippen LogP contribution in [0.5, 0.6) is 0 Å². The van der Waals surface area contributed by atoms with Gasteiger partial charge >= 0.3 is 5.97 Å². The zero-order chi connectivity index (χ0) is 18.6. The number of nitrogen functional groups attached to an aromatic ring is 1. The quantitative estimate of drug-likeness (QED) is 0.317. The topological polar surface area (TPSA) is 159 Å². The fourth-order valence-corrected chi connectivity index (χ4v) is 3.35. The average Bonchev–Trinajstić information content (AvgIpc) is 2.55. The highest BCUT2D eigenvalue weighted by Gasteiger charge is 2.27. The molecule has 0 aliphatic heterocycles. The molecule has 1 aliphatic carbocycles. The van der Waals surface area contributed by atoms with E-state index in [4.69, 9.17) is 10.5 Å². The van der Waals surface area contributed by atoms with Crippen LogP contribution in [-0.2, 0) is 24.3 Å². The fourth-order valence-electron chi connectivity index (χ4n) is 2.36. The Morgan fingerprint density at radius 3 is 2.76 bits per heavy atom. The summed E-state index contributed by atoms with van der Waals surface area (Å²) in [4.78, 5) is 32.9. The van der Waals surface area contributed by atoms with Crippen LogP contribution in [0.25, 0.3) is 0 Å². The Morgan fingerprint density at radius 1 is 1.40 bits per heavy atom. The Hall–Kier alpha value is -2.53. The van der Waals surface area contributed by atoms with Gasteiger partial charge < -0.3 is 10.5 Å². The molecule has 2 rings (SSSR count). The molecule has 1 fully saturated rings. The number of nitro groups is 1. The first-order valence-corrected chi connectivity index (χ1v) is 8.95. The third kappa shape index (κ3) is 4.73. The number of nitrogens with zero attached hydrogens (tertiary/aromatic N) is 1. The molecule has 0 aromatic heterocycles. The van der Waals surface area contributed by atoms with E-state index in [-0.39, 0.29) is 11.5 Å². The molecule has 136 valence electrons. The second kappa shape index (κ2) is 7.57. The normalized spacial score (nSPS) is 17.9. The lowest BCUT2D eigenvalue weighted by Gasteiger charge is -2.20. The first-order valence-electron chi connectivity index (χ1n) is 7.46. The zero-order valence-electron chi connectivity index (χ0n) is 13.1. The van der Waals surface area contributed by atoms with Crippen LogP contribution in [0.1, 0.15) is 25.7 Å². The predicted molar refractivity (Wildman–Crippen MR) is 86.1 cm³/mol. The standard InChI is InChI=1S/C14H17N3O7S/c15-10-6-5-9(7-11(10)17(20)21)25(22,23)16-8-14(19)24-13-4-2-1-3-12(13)18/h5-7,13,16H,1-4,8,15H2/t13-/m0/s1. The fraction of sp³-hybridized carbons (Fsp3) is 0.429. The molecular formula is C14H17N3O7S. The number of benzene rings is 1. The SMILES string of the molecule is Nc1ccc(S(=O)(=O)NCC(=O)O[C@H]2CCCCC2=O)cc1[N+](=O)[O-]. The molecule has 1 aromatic rings. The number of hydrogen-bond acceptors (Lipinski definition) is 8. The Labute approximate surface area is 143 Å². The van der Waals surface area contributed by atoms with Gasteiger partial charge in [0.1, 0.15) is 12.2 Å². The molecule has 1 atom stereocenters. The predicted octanol–water partition coefficient (Wildman–Crippen LogP) is 0.510. The number of nitrogens with two attached hydrogens (primary N) is 1. The summed E-state index contributed by atoms with van der Waals surface area (Å²) in [5.41, 5.74) is 4.67. The van der Waals surface area contributed by atoms with Gasteiger partial charge in [0.05, 0.1) is 9.82 Å². The summed E-state index contributed by atoms with van der Waals surface area (Å²) in [5, 5.41) is 10.8. The molecule has 0 radical (unpaired) electrons. The summed E-state index contributed by atoms with van der Waals surface area (Å²) in [6.45, 7) is -0.690. The molecule has 3 N–H and O–H groups in total. The number of rotatable bonds is 6. The summed E-state index contributed by atoms with van der Waals surface area (Å²) in [6, 6.07) is 2.97. The van der Waals surface area contributed by atoms with Gasteiger partial charge in [0.2, 0.25) is 10.0 Å². The van der Waals surface area contributed by atoms with Gasteiger partial charge in [0.25, 0.3) is 5.69 Å². The summed E-state index contributed by atoms with van der Waals surface area (Å²) in [6.07, 6.45) is 1.41. The lowest BCUT2D eigenvalue weighted by atomic mass is 9.96. The number of carbonyl (C=O) groups excluding carboxylic acids is 2. The molecular weight excluding hydrogens is 354 g/mol. The van der Waals surface area contributed by atoms with Crippen molar-refractivity contribution in [3.8, 4) is 0 Å². The van der Waals surface area contributed by atoms with Crippen LogP contribution in [0, 0.1) is 10.1 Å². The molecule has 1 aromatic carbocycles. The molecule has 0 heterocycles. The van der Waals surface area contributed by atoms with E-state index in [0.717, 1.165) is 31.0 Å². The van der Waals surface area contributed by atoms with Gasteiger partial charge in [-0.1, -0.05) is 0 Å². The Balaban J connectivity index is 2.01. The first kappa shape index (κ1) is 18.8. The summed E-state index contributed by atoms with van der Waals surface area (Å²) < 4.78 is 31.2.